The van der Waals surface area contributed by atoms with Crippen LogP contribution in [0.3, 0.4) is 0 Å². The van der Waals surface area contributed by atoms with Crippen LogP contribution in [0.1, 0.15) is 11.4 Å². The third-order valence-electron chi connectivity index (χ3n) is 2.50. The number of aliphatic hydroxyl groups is 1. The van der Waals surface area contributed by atoms with Crippen molar-refractivity contribution >= 4 is 11.6 Å². The number of nitrogens with zero attached hydrogens (tertiary/aromatic N) is 3. The number of para-hydroxylation sites is 1. The van der Waals surface area contributed by atoms with Crippen molar-refractivity contribution in [2.45, 2.75) is 13.5 Å². The monoisotopic (exact) mass is 229 g/mol. The molecule has 0 aliphatic heterocycles. The topological polar surface area (TPSA) is 49.3 Å². The minimum atomic E-state index is -0.0704. The molecule has 1 aromatic heterocycles. The molecule has 0 amide bonds. The molecule has 2 aromatic rings. The minimum absolute atomic E-state index is 0.0704. The van der Waals surface area contributed by atoms with E-state index in [1.807, 2.05) is 49.2 Å². The van der Waals surface area contributed by atoms with Crippen LogP contribution in [0.5, 0.6) is 0 Å². The molecule has 0 unspecified atom stereocenters. The Balaban J connectivity index is 2.37. The van der Waals surface area contributed by atoms with Crippen molar-refractivity contribution in [1.82, 2.24) is 9.97 Å². The van der Waals surface area contributed by atoms with E-state index in [2.05, 4.69) is 9.97 Å². The first-order chi connectivity index (χ1) is 8.20. The van der Waals surface area contributed by atoms with E-state index in [9.17, 15) is 0 Å². The van der Waals surface area contributed by atoms with Crippen molar-refractivity contribution < 1.29 is 5.11 Å². The van der Waals surface area contributed by atoms with E-state index in [1.165, 1.54) is 0 Å². The lowest BCUT2D eigenvalue weighted by Crippen LogP contribution is -2.14. The Morgan fingerprint density at radius 3 is 2.53 bits per heavy atom. The largest absolute Gasteiger partial charge is 0.390 e. The molecule has 0 spiro atoms. The number of benzene rings is 1. The average Bonchev–Trinajstić information content (AvgIpc) is 2.38. The number of hydrogen-bond acceptors (Lipinski definition) is 4. The van der Waals surface area contributed by atoms with Crippen LogP contribution < -0.4 is 4.90 Å². The van der Waals surface area contributed by atoms with Crippen LogP contribution in [0.4, 0.5) is 11.6 Å². The Morgan fingerprint density at radius 2 is 1.88 bits per heavy atom. The zero-order chi connectivity index (χ0) is 12.3. The molecule has 0 fully saturated rings. The van der Waals surface area contributed by atoms with E-state index in [0.29, 0.717) is 11.6 Å². The Morgan fingerprint density at radius 1 is 1.18 bits per heavy atom. The van der Waals surface area contributed by atoms with E-state index >= 15 is 0 Å². The first-order valence-electron chi connectivity index (χ1n) is 5.45. The Bertz CT molecular complexity index is 499. The first-order valence-corrected chi connectivity index (χ1v) is 5.45. The molecule has 0 saturated heterocycles. The van der Waals surface area contributed by atoms with E-state index in [1.54, 1.807) is 6.07 Å². The summed E-state index contributed by atoms with van der Waals surface area (Å²) in [6.07, 6.45) is 0. The molecule has 0 aliphatic rings. The summed E-state index contributed by atoms with van der Waals surface area (Å²) in [7, 11) is 1.91. The summed E-state index contributed by atoms with van der Waals surface area (Å²) < 4.78 is 0. The second-order valence-corrected chi connectivity index (χ2v) is 3.85. The fourth-order valence-corrected chi connectivity index (χ4v) is 1.61. The van der Waals surface area contributed by atoms with Crippen molar-refractivity contribution in [1.29, 1.82) is 0 Å². The molecule has 4 nitrogen and oxygen atoms in total. The summed E-state index contributed by atoms with van der Waals surface area (Å²) in [4.78, 5) is 10.5. The molecule has 1 heterocycles. The SMILES string of the molecule is Cc1cc(CO)nc(N(C)c2ccccc2)n1. The predicted molar refractivity (Wildman–Crippen MR) is 67.2 cm³/mol. The molecule has 0 atom stereocenters. The Hall–Kier alpha value is -1.94. The summed E-state index contributed by atoms with van der Waals surface area (Å²) in [6, 6.07) is 11.7. The lowest BCUT2D eigenvalue weighted by Gasteiger charge is -2.17. The molecule has 0 saturated carbocycles. The Labute approximate surface area is 101 Å². The summed E-state index contributed by atoms with van der Waals surface area (Å²) >= 11 is 0. The maximum atomic E-state index is 9.13. The molecule has 2 rings (SSSR count). The lowest BCUT2D eigenvalue weighted by atomic mass is 10.3. The van der Waals surface area contributed by atoms with Gasteiger partial charge in [-0.3, -0.25) is 0 Å². The van der Waals surface area contributed by atoms with Gasteiger partial charge >= 0.3 is 0 Å². The van der Waals surface area contributed by atoms with Crippen molar-refractivity contribution in [2.24, 2.45) is 0 Å². The van der Waals surface area contributed by atoms with Crippen LogP contribution in [0.25, 0.3) is 0 Å². The highest BCUT2D eigenvalue weighted by atomic mass is 16.3. The molecular weight excluding hydrogens is 214 g/mol. The highest BCUT2D eigenvalue weighted by Crippen LogP contribution is 2.19. The van der Waals surface area contributed by atoms with Gasteiger partial charge < -0.3 is 10.0 Å². The van der Waals surface area contributed by atoms with E-state index < -0.39 is 0 Å². The van der Waals surface area contributed by atoms with Gasteiger partial charge in [-0.05, 0) is 25.1 Å². The van der Waals surface area contributed by atoms with Crippen LogP contribution >= 0.6 is 0 Å². The van der Waals surface area contributed by atoms with Crippen molar-refractivity contribution in [2.75, 3.05) is 11.9 Å². The fraction of sp³-hybridized carbons (Fsp3) is 0.231. The Kier molecular flexibility index (Phi) is 3.35. The molecule has 0 radical (unpaired) electrons. The zero-order valence-corrected chi connectivity index (χ0v) is 9.96. The van der Waals surface area contributed by atoms with Gasteiger partial charge in [-0.1, -0.05) is 18.2 Å². The molecule has 0 bridgehead atoms. The lowest BCUT2D eigenvalue weighted by molar-refractivity contribution is 0.276. The zero-order valence-electron chi connectivity index (χ0n) is 9.96. The molecule has 88 valence electrons. The van der Waals surface area contributed by atoms with E-state index in [0.717, 1.165) is 11.4 Å². The molecular formula is C13H15N3O. The van der Waals surface area contributed by atoms with Gasteiger partial charge in [0.25, 0.3) is 0 Å². The average molecular weight is 229 g/mol. The van der Waals surface area contributed by atoms with E-state index in [4.69, 9.17) is 5.11 Å². The summed E-state index contributed by atoms with van der Waals surface area (Å²) in [5, 5.41) is 9.13. The second-order valence-electron chi connectivity index (χ2n) is 3.85. The van der Waals surface area contributed by atoms with Crippen LogP contribution in [-0.2, 0) is 6.61 Å². The van der Waals surface area contributed by atoms with E-state index in [-0.39, 0.29) is 6.61 Å². The number of rotatable bonds is 3. The maximum Gasteiger partial charge on any atom is 0.230 e. The highest BCUT2D eigenvalue weighted by Gasteiger charge is 2.08. The highest BCUT2D eigenvalue weighted by molar-refractivity contribution is 5.56. The van der Waals surface area contributed by atoms with Crippen LogP contribution in [-0.4, -0.2) is 22.1 Å². The molecule has 1 aromatic carbocycles. The van der Waals surface area contributed by atoms with Gasteiger partial charge in [-0.2, -0.15) is 0 Å². The fourth-order valence-electron chi connectivity index (χ4n) is 1.61. The molecule has 1 N–H and O–H groups in total. The third-order valence-corrected chi connectivity index (χ3v) is 2.50. The number of anilines is 2. The number of aryl methyl sites for hydroxylation is 1. The summed E-state index contributed by atoms with van der Waals surface area (Å²) in [5.74, 6) is 0.597. The number of aromatic nitrogens is 2. The van der Waals surface area contributed by atoms with Gasteiger partial charge in [0.1, 0.15) is 0 Å². The number of hydrogen-bond donors (Lipinski definition) is 1. The van der Waals surface area contributed by atoms with Crippen molar-refractivity contribution in [3.8, 4) is 0 Å². The standard InChI is InChI=1S/C13H15N3O/c1-10-8-11(9-17)15-13(14-10)16(2)12-6-4-3-5-7-12/h3-8,17H,9H2,1-2H3. The van der Waals surface area contributed by atoms with Gasteiger partial charge in [-0.25, -0.2) is 9.97 Å². The third kappa shape index (κ3) is 2.60. The van der Waals surface area contributed by atoms with Crippen LogP contribution in [0.2, 0.25) is 0 Å². The normalized spacial score (nSPS) is 10.3. The van der Waals surface area contributed by atoms with Gasteiger partial charge in [0, 0.05) is 18.4 Å². The molecule has 0 aliphatic carbocycles. The summed E-state index contributed by atoms with van der Waals surface area (Å²) in [5.41, 5.74) is 2.50. The molecule has 4 heteroatoms. The first kappa shape index (κ1) is 11.5. The van der Waals surface area contributed by atoms with Crippen LogP contribution in [0, 0.1) is 6.92 Å². The predicted octanol–water partition coefficient (Wildman–Crippen LogP) is 2.05. The second kappa shape index (κ2) is 4.93. The van der Waals surface area contributed by atoms with Gasteiger partial charge in [0.05, 0.1) is 12.3 Å². The van der Waals surface area contributed by atoms with Gasteiger partial charge in [-0.15, -0.1) is 0 Å². The maximum absolute atomic E-state index is 9.13. The minimum Gasteiger partial charge on any atom is -0.390 e. The van der Waals surface area contributed by atoms with Crippen molar-refractivity contribution in [3.63, 3.8) is 0 Å². The quantitative estimate of drug-likeness (QED) is 0.875. The van der Waals surface area contributed by atoms with Crippen molar-refractivity contribution in [3.05, 3.63) is 47.8 Å². The van der Waals surface area contributed by atoms with Gasteiger partial charge in [0.2, 0.25) is 5.95 Å². The van der Waals surface area contributed by atoms with Gasteiger partial charge in [0.15, 0.2) is 0 Å². The number of aliphatic hydroxyl groups excluding tert-OH is 1. The molecule has 17 heavy (non-hydrogen) atoms. The summed E-state index contributed by atoms with van der Waals surface area (Å²) in [6.45, 7) is 1.82. The smallest absolute Gasteiger partial charge is 0.230 e. The van der Waals surface area contributed by atoms with Crippen LogP contribution in [0.15, 0.2) is 36.4 Å².